The molecule has 0 aliphatic carbocycles. The molecule has 0 radical (unpaired) electrons. The summed E-state index contributed by atoms with van der Waals surface area (Å²) in [6.45, 7) is 4.53. The molecule has 0 spiro atoms. The van der Waals surface area contributed by atoms with Crippen molar-refractivity contribution < 1.29 is 32.9 Å². The van der Waals surface area contributed by atoms with Gasteiger partial charge in [-0.3, -0.25) is 9.36 Å². The number of aliphatic hydroxyl groups excluding tert-OH is 1. The molecule has 0 aliphatic heterocycles. The fourth-order valence-corrected chi connectivity index (χ4v) is 11.1. The van der Waals surface area contributed by atoms with Crippen LogP contribution in [0.5, 0.6) is 0 Å². The maximum atomic E-state index is 13.1. The standard InChI is InChI=1S/C80H141N2O6P/c1-6-8-10-12-14-16-18-20-22-24-26-28-30-32-34-36-38-39-40-41-42-43-44-46-48-50-52-54-56-58-60-62-64-66-68-70-72-74-80(84)81-78(77-88-89(85,86)87-76-75-82(3,4)5)79(83)73-71-69-67-65-63-61-59-57-55-53-51-49-47-45-37-35-33-31-29-27-25-23-21-19-17-15-13-11-9-7-2/h8,10,14,16,20,22,26,28,32,34,38-39,41-42,44,46,50,52,63,65,71,73,78-79,83H,6-7,9,11-13,15,17-19,21,23-25,27,29-31,33,35-37,40,43,45,47-49,51,53-62,64,66-70,72,74-77H2,1-5H3,(H-,81,84,85,86)/b10-8-,16-14-,22-20-,28-26-,34-32-,39-38-,42-41-,46-44-,52-50-,65-63+,73-71+. The van der Waals surface area contributed by atoms with E-state index in [0.29, 0.717) is 17.4 Å². The number of likely N-dealkylation sites (N-methyl/N-ethyl adjacent to an activating group) is 1. The lowest BCUT2D eigenvalue weighted by Gasteiger charge is -2.29. The number of phosphoric ester groups is 1. The number of carbonyl (C=O) groups excluding carboxylic acids is 1. The lowest BCUT2D eigenvalue weighted by Crippen LogP contribution is -2.45. The number of quaternary nitrogens is 1. The topological polar surface area (TPSA) is 108 Å². The minimum Gasteiger partial charge on any atom is -0.756 e. The summed E-state index contributed by atoms with van der Waals surface area (Å²) in [4.78, 5) is 25.7. The van der Waals surface area contributed by atoms with Gasteiger partial charge in [0.15, 0.2) is 0 Å². The third-order valence-electron chi connectivity index (χ3n) is 16.1. The molecular weight excluding hydrogens is 1120 g/mol. The van der Waals surface area contributed by atoms with Gasteiger partial charge in [0, 0.05) is 6.42 Å². The van der Waals surface area contributed by atoms with Crippen LogP contribution in [-0.2, 0) is 18.4 Å². The molecule has 3 unspecified atom stereocenters. The van der Waals surface area contributed by atoms with E-state index in [2.05, 4.69) is 141 Å². The van der Waals surface area contributed by atoms with Gasteiger partial charge in [0.1, 0.15) is 13.2 Å². The van der Waals surface area contributed by atoms with Crippen LogP contribution in [0.3, 0.4) is 0 Å². The van der Waals surface area contributed by atoms with Gasteiger partial charge >= 0.3 is 0 Å². The SMILES string of the molecule is CC/C=C\C/C=C\C/C=C\C/C=C\C/C=C\C/C=C\C/C=C\C/C=C\C/C=C\CCCCCCCCCCCC(=O)NC(COP(=O)([O-])OCC[N+](C)(C)C)C(O)/C=C/CC/C=C/CCCCCCCCCCCCCCCCCCCCCCCCCC. The van der Waals surface area contributed by atoms with Crippen molar-refractivity contribution in [3.05, 3.63) is 134 Å². The van der Waals surface area contributed by atoms with E-state index in [1.165, 1.54) is 186 Å². The summed E-state index contributed by atoms with van der Waals surface area (Å²) in [7, 11) is 1.23. The van der Waals surface area contributed by atoms with Crippen LogP contribution in [0.15, 0.2) is 134 Å². The number of aliphatic hydroxyl groups is 1. The average Bonchev–Trinajstić information content (AvgIpc) is 3.57. The second kappa shape index (κ2) is 69.0. The molecule has 0 aromatic heterocycles. The number of nitrogens with one attached hydrogen (secondary N) is 1. The van der Waals surface area contributed by atoms with Crippen LogP contribution in [0, 0.1) is 0 Å². The molecule has 9 heteroatoms. The highest BCUT2D eigenvalue weighted by Crippen LogP contribution is 2.38. The number of unbranched alkanes of at least 4 members (excludes halogenated alkanes) is 34. The van der Waals surface area contributed by atoms with Crippen LogP contribution in [-0.4, -0.2) is 68.5 Å². The van der Waals surface area contributed by atoms with Crippen molar-refractivity contribution in [1.29, 1.82) is 0 Å². The largest absolute Gasteiger partial charge is 0.756 e. The molecule has 89 heavy (non-hydrogen) atoms. The quantitative estimate of drug-likeness (QED) is 0.0272. The maximum absolute atomic E-state index is 13.1. The Morgan fingerprint density at radius 2 is 0.697 bits per heavy atom. The van der Waals surface area contributed by atoms with Crippen LogP contribution >= 0.6 is 7.82 Å². The van der Waals surface area contributed by atoms with E-state index < -0.39 is 26.6 Å². The lowest BCUT2D eigenvalue weighted by molar-refractivity contribution is -0.870. The second-order valence-electron chi connectivity index (χ2n) is 25.9. The van der Waals surface area contributed by atoms with E-state index >= 15 is 0 Å². The van der Waals surface area contributed by atoms with Gasteiger partial charge in [0.25, 0.3) is 7.82 Å². The number of phosphoric acid groups is 1. The summed E-state index contributed by atoms with van der Waals surface area (Å²) in [5, 5.41) is 14.0. The lowest BCUT2D eigenvalue weighted by atomic mass is 10.0. The summed E-state index contributed by atoms with van der Waals surface area (Å²) >= 11 is 0. The first-order chi connectivity index (χ1) is 43.5. The summed E-state index contributed by atoms with van der Waals surface area (Å²) in [6, 6.07) is -0.918. The Morgan fingerprint density at radius 1 is 0.404 bits per heavy atom. The maximum Gasteiger partial charge on any atom is 0.268 e. The monoisotopic (exact) mass is 1260 g/mol. The van der Waals surface area contributed by atoms with E-state index in [0.717, 1.165) is 109 Å². The average molecular weight is 1260 g/mol. The van der Waals surface area contributed by atoms with Gasteiger partial charge in [-0.25, -0.2) is 0 Å². The highest BCUT2D eigenvalue weighted by molar-refractivity contribution is 7.45. The molecular formula is C80H141N2O6P. The third-order valence-corrected chi connectivity index (χ3v) is 17.1. The van der Waals surface area contributed by atoms with Gasteiger partial charge in [-0.2, -0.15) is 0 Å². The first-order valence-electron chi connectivity index (χ1n) is 37.0. The summed E-state index contributed by atoms with van der Waals surface area (Å²) in [5.41, 5.74) is 0. The Bertz CT molecular complexity index is 1920. The third kappa shape index (κ3) is 71.9. The van der Waals surface area contributed by atoms with Crippen molar-refractivity contribution >= 4 is 13.7 Å². The number of allylic oxidation sites excluding steroid dienone is 21. The predicted octanol–water partition coefficient (Wildman–Crippen LogP) is 23.5. The molecule has 0 saturated carbocycles. The molecule has 0 aromatic carbocycles. The molecule has 0 rings (SSSR count). The van der Waals surface area contributed by atoms with Gasteiger partial charge in [-0.05, 0) is 103 Å². The Hall–Kier alpha value is -3.36. The van der Waals surface area contributed by atoms with Crippen molar-refractivity contribution in [3.63, 3.8) is 0 Å². The fourth-order valence-electron chi connectivity index (χ4n) is 10.4. The molecule has 0 heterocycles. The van der Waals surface area contributed by atoms with Crippen molar-refractivity contribution in [1.82, 2.24) is 5.32 Å². The molecule has 0 aliphatic rings. The van der Waals surface area contributed by atoms with Crippen molar-refractivity contribution in [2.45, 2.75) is 328 Å². The Labute approximate surface area is 551 Å². The predicted molar refractivity (Wildman–Crippen MR) is 389 cm³/mol. The normalized spacial score (nSPS) is 14.4. The minimum atomic E-state index is -4.63. The van der Waals surface area contributed by atoms with Gasteiger partial charge in [-0.1, -0.05) is 340 Å². The van der Waals surface area contributed by atoms with Gasteiger partial charge < -0.3 is 28.8 Å². The van der Waals surface area contributed by atoms with Gasteiger partial charge in [0.2, 0.25) is 5.91 Å². The molecule has 2 N–H and O–H groups in total. The number of hydrogen-bond donors (Lipinski definition) is 2. The summed E-state index contributed by atoms with van der Waals surface area (Å²) in [6.07, 6.45) is 104. The van der Waals surface area contributed by atoms with E-state index in [1.54, 1.807) is 6.08 Å². The van der Waals surface area contributed by atoms with Crippen molar-refractivity contribution in [2.24, 2.45) is 0 Å². The van der Waals surface area contributed by atoms with Crippen molar-refractivity contribution in [3.8, 4) is 0 Å². The first-order valence-corrected chi connectivity index (χ1v) is 38.5. The first kappa shape index (κ1) is 85.6. The number of hydrogen-bond acceptors (Lipinski definition) is 6. The van der Waals surface area contributed by atoms with E-state index in [1.807, 2.05) is 27.2 Å². The number of rotatable bonds is 67. The second-order valence-corrected chi connectivity index (χ2v) is 27.3. The summed E-state index contributed by atoms with van der Waals surface area (Å²) in [5.74, 6) is -0.216. The van der Waals surface area contributed by atoms with Gasteiger partial charge in [0.05, 0.1) is 39.9 Å². The van der Waals surface area contributed by atoms with E-state index in [9.17, 15) is 19.4 Å². The molecule has 0 fully saturated rings. The Morgan fingerprint density at radius 3 is 1.04 bits per heavy atom. The molecule has 0 bridgehead atoms. The summed E-state index contributed by atoms with van der Waals surface area (Å²) < 4.78 is 23.5. The molecule has 0 aromatic rings. The van der Waals surface area contributed by atoms with Crippen LogP contribution in [0.1, 0.15) is 316 Å². The highest BCUT2D eigenvalue weighted by atomic mass is 31.2. The molecule has 0 saturated heterocycles. The fraction of sp³-hybridized carbons (Fsp3) is 0.713. The smallest absolute Gasteiger partial charge is 0.268 e. The highest BCUT2D eigenvalue weighted by Gasteiger charge is 2.23. The molecule has 8 nitrogen and oxygen atoms in total. The van der Waals surface area contributed by atoms with E-state index in [4.69, 9.17) is 9.05 Å². The van der Waals surface area contributed by atoms with E-state index in [-0.39, 0.29) is 12.5 Å². The van der Waals surface area contributed by atoms with Crippen LogP contribution in [0.2, 0.25) is 0 Å². The molecule has 512 valence electrons. The number of carbonyl (C=O) groups is 1. The van der Waals surface area contributed by atoms with Crippen LogP contribution < -0.4 is 10.2 Å². The molecule has 3 atom stereocenters. The minimum absolute atomic E-state index is 0.0135. The zero-order valence-corrected chi connectivity index (χ0v) is 59.5. The molecule has 1 amide bonds. The number of nitrogens with zero attached hydrogens (tertiary/aromatic N) is 1. The van der Waals surface area contributed by atoms with Gasteiger partial charge in [-0.15, -0.1) is 0 Å². The number of amides is 1. The Balaban J connectivity index is 4.15. The zero-order chi connectivity index (χ0) is 64.8. The van der Waals surface area contributed by atoms with Crippen molar-refractivity contribution in [2.75, 3.05) is 40.9 Å². The van der Waals surface area contributed by atoms with Crippen LogP contribution in [0.25, 0.3) is 0 Å². The Kier molecular flexibility index (Phi) is 66.4. The zero-order valence-electron chi connectivity index (χ0n) is 58.6. The van der Waals surface area contributed by atoms with Crippen LogP contribution in [0.4, 0.5) is 0 Å².